The molecule has 0 heterocycles. The van der Waals surface area contributed by atoms with Crippen LogP contribution in [-0.2, 0) is 4.79 Å². The van der Waals surface area contributed by atoms with Gasteiger partial charge in [-0.05, 0) is 25.7 Å². The minimum absolute atomic E-state index is 0.0977. The van der Waals surface area contributed by atoms with Crippen molar-refractivity contribution in [2.75, 3.05) is 0 Å². The third-order valence-corrected chi connectivity index (χ3v) is 2.90. The molecule has 2 atom stereocenters. The van der Waals surface area contributed by atoms with Gasteiger partial charge in [-0.3, -0.25) is 0 Å². The van der Waals surface area contributed by atoms with Crippen LogP contribution < -0.4 is 0 Å². The van der Waals surface area contributed by atoms with Crippen LogP contribution in [0.4, 0.5) is 0 Å². The zero-order valence-corrected chi connectivity index (χ0v) is 7.55. The molecule has 0 amide bonds. The van der Waals surface area contributed by atoms with E-state index in [0.717, 1.165) is 19.1 Å². The highest BCUT2D eigenvalue weighted by Gasteiger charge is 2.31. The Morgan fingerprint density at radius 3 is 2.82 bits per heavy atom. The Balaban J connectivity index is 2.82. The lowest BCUT2D eigenvalue weighted by atomic mass is 9.71. The highest BCUT2D eigenvalue weighted by atomic mass is 16.1. The molecule has 1 nitrogen and oxygen atoms in total. The Bertz CT molecular complexity index is 193. The number of carbonyl (C=O) groups excluding carboxylic acids is 1. The quantitative estimate of drug-likeness (QED) is 0.417. The summed E-state index contributed by atoms with van der Waals surface area (Å²) in [6, 6.07) is 0. The normalized spacial score (nSPS) is 38.1. The van der Waals surface area contributed by atoms with E-state index in [-0.39, 0.29) is 5.41 Å². The van der Waals surface area contributed by atoms with Crippen LogP contribution in [0, 0.1) is 11.3 Å². The molecule has 1 heteroatoms. The third-order valence-electron chi connectivity index (χ3n) is 2.90. The van der Waals surface area contributed by atoms with E-state index in [2.05, 4.69) is 19.9 Å². The first-order valence-electron chi connectivity index (χ1n) is 4.22. The standard InChI is InChI=1S/C10H16O/c1-8-4-5-10(3,7-11)9(2)6-8/h6-7,9H,4-5H2,1-3H3. The van der Waals surface area contributed by atoms with Crippen molar-refractivity contribution in [2.45, 2.75) is 33.6 Å². The van der Waals surface area contributed by atoms with Gasteiger partial charge in [-0.15, -0.1) is 0 Å². The van der Waals surface area contributed by atoms with Crippen molar-refractivity contribution >= 4 is 6.29 Å². The maximum absolute atomic E-state index is 10.8. The van der Waals surface area contributed by atoms with Crippen molar-refractivity contribution in [3.63, 3.8) is 0 Å². The van der Waals surface area contributed by atoms with Crippen molar-refractivity contribution in [2.24, 2.45) is 11.3 Å². The lowest BCUT2D eigenvalue weighted by Crippen LogP contribution is -2.28. The van der Waals surface area contributed by atoms with E-state index in [1.165, 1.54) is 5.57 Å². The number of allylic oxidation sites excluding steroid dienone is 2. The van der Waals surface area contributed by atoms with E-state index in [1.54, 1.807) is 0 Å². The second-order valence-corrected chi connectivity index (χ2v) is 3.93. The van der Waals surface area contributed by atoms with Crippen molar-refractivity contribution in [3.8, 4) is 0 Å². The smallest absolute Gasteiger partial charge is 0.126 e. The van der Waals surface area contributed by atoms with Crippen molar-refractivity contribution in [1.29, 1.82) is 0 Å². The fraction of sp³-hybridized carbons (Fsp3) is 0.700. The lowest BCUT2D eigenvalue weighted by Gasteiger charge is -2.32. The second-order valence-electron chi connectivity index (χ2n) is 3.93. The molecule has 0 aliphatic heterocycles. The van der Waals surface area contributed by atoms with Crippen LogP contribution in [-0.4, -0.2) is 6.29 Å². The largest absolute Gasteiger partial charge is 0.303 e. The van der Waals surface area contributed by atoms with E-state index >= 15 is 0 Å². The summed E-state index contributed by atoms with van der Waals surface area (Å²) < 4.78 is 0. The van der Waals surface area contributed by atoms with E-state index in [4.69, 9.17) is 0 Å². The summed E-state index contributed by atoms with van der Waals surface area (Å²) in [4.78, 5) is 10.8. The summed E-state index contributed by atoms with van der Waals surface area (Å²) in [7, 11) is 0. The first kappa shape index (κ1) is 8.51. The molecule has 0 radical (unpaired) electrons. The van der Waals surface area contributed by atoms with Crippen LogP contribution in [0.1, 0.15) is 33.6 Å². The van der Waals surface area contributed by atoms with Crippen molar-refractivity contribution in [1.82, 2.24) is 0 Å². The molecule has 1 aliphatic carbocycles. The van der Waals surface area contributed by atoms with Crippen LogP contribution in [0.15, 0.2) is 11.6 Å². The van der Waals surface area contributed by atoms with Gasteiger partial charge in [-0.1, -0.05) is 25.5 Å². The fourth-order valence-electron chi connectivity index (χ4n) is 1.56. The third kappa shape index (κ3) is 1.52. The van der Waals surface area contributed by atoms with Gasteiger partial charge < -0.3 is 4.79 Å². The molecular weight excluding hydrogens is 136 g/mol. The molecule has 0 saturated heterocycles. The van der Waals surface area contributed by atoms with Crippen LogP contribution in [0.5, 0.6) is 0 Å². The monoisotopic (exact) mass is 152 g/mol. The summed E-state index contributed by atoms with van der Waals surface area (Å²) in [6.45, 7) is 6.31. The van der Waals surface area contributed by atoms with Gasteiger partial charge >= 0.3 is 0 Å². The second kappa shape index (κ2) is 2.80. The first-order chi connectivity index (χ1) is 5.08. The number of hydrogen-bond donors (Lipinski definition) is 0. The predicted molar refractivity (Wildman–Crippen MR) is 46.3 cm³/mol. The van der Waals surface area contributed by atoms with Crippen LogP contribution in [0.3, 0.4) is 0 Å². The average Bonchev–Trinajstić information content (AvgIpc) is 1.98. The van der Waals surface area contributed by atoms with E-state index < -0.39 is 0 Å². The molecule has 2 unspecified atom stereocenters. The maximum Gasteiger partial charge on any atom is 0.126 e. The van der Waals surface area contributed by atoms with Gasteiger partial charge in [0.25, 0.3) is 0 Å². The van der Waals surface area contributed by atoms with Gasteiger partial charge in [0.1, 0.15) is 6.29 Å². The van der Waals surface area contributed by atoms with E-state index in [9.17, 15) is 4.79 Å². The molecule has 1 aliphatic rings. The summed E-state index contributed by atoms with van der Waals surface area (Å²) in [6.07, 6.45) is 5.43. The van der Waals surface area contributed by atoms with Crippen molar-refractivity contribution in [3.05, 3.63) is 11.6 Å². The molecule has 62 valence electrons. The Morgan fingerprint density at radius 2 is 2.36 bits per heavy atom. The zero-order valence-electron chi connectivity index (χ0n) is 7.55. The summed E-state index contributed by atoms with van der Waals surface area (Å²) in [5.74, 6) is 0.411. The van der Waals surface area contributed by atoms with Gasteiger partial charge in [0.2, 0.25) is 0 Å². The SMILES string of the molecule is CC1=CC(C)C(C)(C=O)CC1. The molecule has 11 heavy (non-hydrogen) atoms. The summed E-state index contributed by atoms with van der Waals surface area (Å²) >= 11 is 0. The summed E-state index contributed by atoms with van der Waals surface area (Å²) in [5.41, 5.74) is 1.33. The van der Waals surface area contributed by atoms with Crippen LogP contribution >= 0.6 is 0 Å². The van der Waals surface area contributed by atoms with Gasteiger partial charge in [-0.2, -0.15) is 0 Å². The highest BCUT2D eigenvalue weighted by Crippen LogP contribution is 2.37. The topological polar surface area (TPSA) is 17.1 Å². The number of carbonyl (C=O) groups is 1. The summed E-state index contributed by atoms with van der Waals surface area (Å²) in [5, 5.41) is 0. The number of rotatable bonds is 1. The molecule has 0 aromatic carbocycles. The fourth-order valence-corrected chi connectivity index (χ4v) is 1.56. The highest BCUT2D eigenvalue weighted by molar-refractivity contribution is 5.60. The zero-order chi connectivity index (χ0) is 8.48. The first-order valence-corrected chi connectivity index (χ1v) is 4.22. The molecule has 0 saturated carbocycles. The molecule has 0 fully saturated rings. The Labute approximate surface area is 68.5 Å². The molecule has 0 aromatic rings. The Morgan fingerprint density at radius 1 is 1.73 bits per heavy atom. The number of hydrogen-bond acceptors (Lipinski definition) is 1. The minimum Gasteiger partial charge on any atom is -0.303 e. The van der Waals surface area contributed by atoms with Gasteiger partial charge in [-0.25, -0.2) is 0 Å². The van der Waals surface area contributed by atoms with E-state index in [1.807, 2.05) is 6.92 Å². The maximum atomic E-state index is 10.8. The molecule has 1 rings (SSSR count). The molecule has 0 spiro atoms. The molecule has 0 aromatic heterocycles. The van der Waals surface area contributed by atoms with Crippen molar-refractivity contribution < 1.29 is 4.79 Å². The average molecular weight is 152 g/mol. The molecule has 0 N–H and O–H groups in total. The lowest BCUT2D eigenvalue weighted by molar-refractivity contribution is -0.117. The van der Waals surface area contributed by atoms with Gasteiger partial charge in [0.05, 0.1) is 0 Å². The minimum atomic E-state index is -0.0977. The van der Waals surface area contributed by atoms with E-state index in [0.29, 0.717) is 5.92 Å². The Kier molecular flexibility index (Phi) is 2.17. The van der Waals surface area contributed by atoms with Crippen LogP contribution in [0.25, 0.3) is 0 Å². The Hall–Kier alpha value is -0.590. The van der Waals surface area contributed by atoms with Gasteiger partial charge in [0.15, 0.2) is 0 Å². The molecule has 0 bridgehead atoms. The van der Waals surface area contributed by atoms with Gasteiger partial charge in [0, 0.05) is 5.41 Å². The number of aldehydes is 1. The molecular formula is C10H16O. The van der Waals surface area contributed by atoms with Crippen LogP contribution in [0.2, 0.25) is 0 Å². The predicted octanol–water partition coefficient (Wildman–Crippen LogP) is 2.57.